The number of likely N-dealkylation sites (N-methyl/N-ethyl adjacent to an activating group) is 1. The SMILES string of the molecule is CN1CC(=C(N)c2ccc(O)cc2)c2ccccc21. The molecule has 2 aromatic carbocycles. The van der Waals surface area contributed by atoms with Crippen LogP contribution in [0.15, 0.2) is 48.5 Å². The molecule has 19 heavy (non-hydrogen) atoms. The van der Waals surface area contributed by atoms with Gasteiger partial charge < -0.3 is 15.7 Å². The minimum atomic E-state index is 0.255. The van der Waals surface area contributed by atoms with Crippen molar-refractivity contribution < 1.29 is 5.11 Å². The molecule has 1 aliphatic rings. The van der Waals surface area contributed by atoms with Crippen LogP contribution in [0.2, 0.25) is 0 Å². The number of nitrogens with zero attached hydrogens (tertiary/aromatic N) is 1. The van der Waals surface area contributed by atoms with Gasteiger partial charge in [-0.2, -0.15) is 0 Å². The van der Waals surface area contributed by atoms with Gasteiger partial charge in [-0.05, 0) is 35.9 Å². The van der Waals surface area contributed by atoms with Crippen molar-refractivity contribution in [1.82, 2.24) is 0 Å². The van der Waals surface area contributed by atoms with Crippen LogP contribution in [0, 0.1) is 0 Å². The van der Waals surface area contributed by atoms with Gasteiger partial charge in [0.05, 0.1) is 0 Å². The fourth-order valence-corrected chi connectivity index (χ4v) is 2.51. The third-order valence-corrected chi connectivity index (χ3v) is 3.54. The number of benzene rings is 2. The minimum Gasteiger partial charge on any atom is -0.508 e. The molecule has 3 N–H and O–H groups in total. The van der Waals surface area contributed by atoms with Crippen molar-refractivity contribution in [2.24, 2.45) is 5.73 Å². The standard InChI is InChI=1S/C16H16N2O/c1-18-10-14(13-4-2-3-5-15(13)18)16(17)11-6-8-12(19)9-7-11/h2-9,19H,10,17H2,1H3. The summed E-state index contributed by atoms with van der Waals surface area (Å²) in [4.78, 5) is 2.19. The van der Waals surface area contributed by atoms with Crippen molar-refractivity contribution in [3.05, 3.63) is 59.7 Å². The lowest BCUT2D eigenvalue weighted by atomic mass is 10.0. The highest BCUT2D eigenvalue weighted by atomic mass is 16.3. The molecule has 2 aromatic rings. The molecule has 1 heterocycles. The fourth-order valence-electron chi connectivity index (χ4n) is 2.51. The number of nitrogens with two attached hydrogens (primary N) is 1. The molecule has 0 spiro atoms. The van der Waals surface area contributed by atoms with Crippen molar-refractivity contribution in [2.45, 2.75) is 0 Å². The summed E-state index contributed by atoms with van der Waals surface area (Å²) in [5, 5.41) is 9.34. The van der Waals surface area contributed by atoms with Crippen LogP contribution in [0.1, 0.15) is 11.1 Å². The Morgan fingerprint density at radius 1 is 1.11 bits per heavy atom. The van der Waals surface area contributed by atoms with E-state index in [0.717, 1.165) is 23.4 Å². The molecule has 0 unspecified atom stereocenters. The van der Waals surface area contributed by atoms with E-state index in [1.165, 1.54) is 11.3 Å². The quantitative estimate of drug-likeness (QED) is 0.820. The zero-order valence-electron chi connectivity index (χ0n) is 10.8. The Morgan fingerprint density at radius 3 is 2.53 bits per heavy atom. The Labute approximate surface area is 112 Å². The van der Waals surface area contributed by atoms with E-state index in [1.807, 2.05) is 24.3 Å². The van der Waals surface area contributed by atoms with E-state index in [9.17, 15) is 5.11 Å². The predicted octanol–water partition coefficient (Wildman–Crippen LogP) is 2.67. The maximum Gasteiger partial charge on any atom is 0.115 e. The van der Waals surface area contributed by atoms with E-state index in [2.05, 4.69) is 24.1 Å². The largest absolute Gasteiger partial charge is 0.508 e. The molecular formula is C16H16N2O. The van der Waals surface area contributed by atoms with Gasteiger partial charge in [-0.25, -0.2) is 0 Å². The summed E-state index contributed by atoms with van der Waals surface area (Å²) < 4.78 is 0. The summed E-state index contributed by atoms with van der Waals surface area (Å²) in [5.74, 6) is 0.255. The molecule has 0 saturated heterocycles. The van der Waals surface area contributed by atoms with Crippen molar-refractivity contribution in [1.29, 1.82) is 0 Å². The zero-order valence-corrected chi connectivity index (χ0v) is 10.8. The first-order valence-corrected chi connectivity index (χ1v) is 6.25. The topological polar surface area (TPSA) is 49.5 Å². The molecule has 0 radical (unpaired) electrons. The molecule has 3 heteroatoms. The number of phenols is 1. The average molecular weight is 252 g/mol. The van der Waals surface area contributed by atoms with Crippen LogP contribution in [0.25, 0.3) is 11.3 Å². The molecule has 3 nitrogen and oxygen atoms in total. The van der Waals surface area contributed by atoms with E-state index in [1.54, 1.807) is 12.1 Å². The van der Waals surface area contributed by atoms with Gasteiger partial charge in [0, 0.05) is 36.1 Å². The lowest BCUT2D eigenvalue weighted by Crippen LogP contribution is -2.13. The minimum absolute atomic E-state index is 0.255. The van der Waals surface area contributed by atoms with Gasteiger partial charge in [-0.1, -0.05) is 18.2 Å². The second kappa shape index (κ2) is 4.35. The number of hydrogen-bond donors (Lipinski definition) is 2. The normalized spacial score (nSPS) is 16.4. The summed E-state index contributed by atoms with van der Waals surface area (Å²) in [7, 11) is 2.07. The van der Waals surface area contributed by atoms with E-state index in [-0.39, 0.29) is 5.75 Å². The fraction of sp³-hybridized carbons (Fsp3) is 0.125. The van der Waals surface area contributed by atoms with Crippen LogP contribution in [-0.4, -0.2) is 18.7 Å². The highest BCUT2D eigenvalue weighted by molar-refractivity contribution is 5.98. The molecule has 0 aromatic heterocycles. The predicted molar refractivity (Wildman–Crippen MR) is 78.8 cm³/mol. The molecule has 0 bridgehead atoms. The maximum absolute atomic E-state index is 9.34. The highest BCUT2D eigenvalue weighted by Crippen LogP contribution is 2.37. The summed E-state index contributed by atoms with van der Waals surface area (Å²) in [5.41, 5.74) is 11.6. The highest BCUT2D eigenvalue weighted by Gasteiger charge is 2.22. The summed E-state index contributed by atoms with van der Waals surface area (Å²) in [6.07, 6.45) is 0. The third kappa shape index (κ3) is 1.93. The number of para-hydroxylation sites is 1. The summed E-state index contributed by atoms with van der Waals surface area (Å²) in [6, 6.07) is 15.3. The molecular weight excluding hydrogens is 236 g/mol. The second-order valence-electron chi connectivity index (χ2n) is 4.81. The first kappa shape index (κ1) is 11.7. The van der Waals surface area contributed by atoms with Crippen molar-refractivity contribution >= 4 is 17.0 Å². The average Bonchev–Trinajstić information content (AvgIpc) is 2.77. The lowest BCUT2D eigenvalue weighted by Gasteiger charge is -2.10. The van der Waals surface area contributed by atoms with E-state index in [4.69, 9.17) is 5.73 Å². The smallest absolute Gasteiger partial charge is 0.115 e. The van der Waals surface area contributed by atoms with Crippen LogP contribution in [-0.2, 0) is 0 Å². The second-order valence-corrected chi connectivity index (χ2v) is 4.81. The molecule has 0 atom stereocenters. The number of hydrogen-bond acceptors (Lipinski definition) is 3. The third-order valence-electron chi connectivity index (χ3n) is 3.54. The lowest BCUT2D eigenvalue weighted by molar-refractivity contribution is 0.475. The Balaban J connectivity index is 2.11. The number of phenolic OH excluding ortho intramolecular Hbond substituents is 1. The maximum atomic E-state index is 9.34. The molecule has 0 aliphatic carbocycles. The monoisotopic (exact) mass is 252 g/mol. The summed E-state index contributed by atoms with van der Waals surface area (Å²) in [6.45, 7) is 0.812. The number of rotatable bonds is 1. The Morgan fingerprint density at radius 2 is 1.79 bits per heavy atom. The van der Waals surface area contributed by atoms with E-state index >= 15 is 0 Å². The van der Waals surface area contributed by atoms with Crippen molar-refractivity contribution in [2.75, 3.05) is 18.5 Å². The van der Waals surface area contributed by atoms with Gasteiger partial charge in [0.25, 0.3) is 0 Å². The van der Waals surface area contributed by atoms with Crippen molar-refractivity contribution in [3.8, 4) is 5.75 Å². The van der Waals surface area contributed by atoms with Crippen LogP contribution >= 0.6 is 0 Å². The van der Waals surface area contributed by atoms with Gasteiger partial charge in [0.15, 0.2) is 0 Å². The number of fused-ring (bicyclic) bond motifs is 1. The molecule has 1 aliphatic heterocycles. The van der Waals surface area contributed by atoms with Gasteiger partial charge in [0.1, 0.15) is 5.75 Å². The summed E-state index contributed by atoms with van der Waals surface area (Å²) >= 11 is 0. The van der Waals surface area contributed by atoms with Gasteiger partial charge in [-0.3, -0.25) is 0 Å². The van der Waals surface area contributed by atoms with Crippen LogP contribution < -0.4 is 10.6 Å². The zero-order chi connectivity index (χ0) is 13.4. The van der Waals surface area contributed by atoms with Crippen molar-refractivity contribution in [3.63, 3.8) is 0 Å². The molecule has 3 rings (SSSR count). The van der Waals surface area contributed by atoms with Gasteiger partial charge >= 0.3 is 0 Å². The van der Waals surface area contributed by atoms with E-state index in [0.29, 0.717) is 0 Å². The van der Waals surface area contributed by atoms with Crippen LogP contribution in [0.5, 0.6) is 5.75 Å². The van der Waals surface area contributed by atoms with E-state index < -0.39 is 0 Å². The molecule has 0 fully saturated rings. The molecule has 0 amide bonds. The van der Waals surface area contributed by atoms with Crippen LogP contribution in [0.3, 0.4) is 0 Å². The van der Waals surface area contributed by atoms with Gasteiger partial charge in [0.2, 0.25) is 0 Å². The Hall–Kier alpha value is -2.42. The first-order chi connectivity index (χ1) is 9.16. The van der Waals surface area contributed by atoms with Gasteiger partial charge in [-0.15, -0.1) is 0 Å². The first-order valence-electron chi connectivity index (χ1n) is 6.25. The number of aromatic hydroxyl groups is 1. The molecule has 0 saturated carbocycles. The Bertz CT molecular complexity index is 644. The van der Waals surface area contributed by atoms with Crippen LogP contribution in [0.4, 0.5) is 5.69 Å². The Kier molecular flexibility index (Phi) is 2.67. The number of anilines is 1. The molecule has 96 valence electrons.